The minimum Gasteiger partial charge on any atom is -0.479 e. The Morgan fingerprint density at radius 3 is 2.50 bits per heavy atom. The zero-order valence-corrected chi connectivity index (χ0v) is 14.4. The van der Waals surface area contributed by atoms with Crippen LogP contribution in [0.1, 0.15) is 12.0 Å². The van der Waals surface area contributed by atoms with Crippen molar-refractivity contribution < 1.29 is 19.5 Å². The van der Waals surface area contributed by atoms with E-state index in [1.54, 1.807) is 24.3 Å². The van der Waals surface area contributed by atoms with E-state index in [4.69, 9.17) is 11.6 Å². The smallest absolute Gasteiger partial charge is 0.330 e. The van der Waals surface area contributed by atoms with Crippen LogP contribution >= 0.6 is 23.4 Å². The second kappa shape index (κ2) is 8.25. The fourth-order valence-corrected chi connectivity index (χ4v) is 3.66. The molecule has 0 aromatic heterocycles. The van der Waals surface area contributed by atoms with Crippen molar-refractivity contribution in [3.05, 3.63) is 34.9 Å². The largest absolute Gasteiger partial charge is 0.479 e. The first kappa shape index (κ1) is 18.4. The molecule has 4 N–H and O–H groups in total. The number of thioether (sulfide) groups is 1. The van der Waals surface area contributed by atoms with Crippen LogP contribution in [0.15, 0.2) is 24.3 Å². The van der Waals surface area contributed by atoms with Gasteiger partial charge in [0, 0.05) is 17.3 Å². The molecule has 24 heavy (non-hydrogen) atoms. The summed E-state index contributed by atoms with van der Waals surface area (Å²) in [7, 11) is 0. The molecule has 0 saturated carbocycles. The number of carboxylic acids is 1. The van der Waals surface area contributed by atoms with Crippen molar-refractivity contribution in [2.75, 3.05) is 18.1 Å². The average molecular weight is 372 g/mol. The van der Waals surface area contributed by atoms with Crippen molar-refractivity contribution in [2.24, 2.45) is 0 Å². The molecule has 0 spiro atoms. The van der Waals surface area contributed by atoms with Crippen molar-refractivity contribution in [3.63, 3.8) is 0 Å². The summed E-state index contributed by atoms with van der Waals surface area (Å²) in [4.78, 5) is 34.9. The van der Waals surface area contributed by atoms with E-state index in [2.05, 4.69) is 16.0 Å². The molecule has 0 radical (unpaired) electrons. The van der Waals surface area contributed by atoms with Gasteiger partial charge < -0.3 is 21.1 Å². The molecule has 1 unspecified atom stereocenters. The molecule has 0 bridgehead atoms. The zero-order valence-electron chi connectivity index (χ0n) is 12.8. The molecule has 1 fully saturated rings. The number of hydrogen-bond donors (Lipinski definition) is 4. The normalized spacial score (nSPS) is 19.5. The number of halogens is 1. The molecule has 7 nitrogen and oxygen atoms in total. The molecular weight excluding hydrogens is 354 g/mol. The van der Waals surface area contributed by atoms with Gasteiger partial charge in [0.05, 0.1) is 6.54 Å². The van der Waals surface area contributed by atoms with Crippen LogP contribution in [0.4, 0.5) is 4.79 Å². The van der Waals surface area contributed by atoms with E-state index in [0.29, 0.717) is 29.5 Å². The molecule has 1 aliphatic heterocycles. The van der Waals surface area contributed by atoms with E-state index in [9.17, 15) is 19.5 Å². The minimum atomic E-state index is -1.23. The van der Waals surface area contributed by atoms with Crippen LogP contribution in [0.5, 0.6) is 0 Å². The van der Waals surface area contributed by atoms with Gasteiger partial charge in [0.1, 0.15) is 5.54 Å². The third kappa shape index (κ3) is 5.04. The van der Waals surface area contributed by atoms with Crippen LogP contribution in [-0.4, -0.2) is 46.6 Å². The Hall–Kier alpha value is -1.93. The summed E-state index contributed by atoms with van der Waals surface area (Å²) in [5, 5.41) is 17.4. The van der Waals surface area contributed by atoms with Crippen LogP contribution in [0.25, 0.3) is 0 Å². The number of amides is 3. The van der Waals surface area contributed by atoms with Crippen molar-refractivity contribution in [2.45, 2.75) is 18.5 Å². The second-order valence-electron chi connectivity index (χ2n) is 5.40. The summed E-state index contributed by atoms with van der Waals surface area (Å²) in [5.74, 6) is -0.562. The van der Waals surface area contributed by atoms with E-state index in [0.717, 1.165) is 5.56 Å². The van der Waals surface area contributed by atoms with Crippen molar-refractivity contribution in [1.29, 1.82) is 0 Å². The first-order chi connectivity index (χ1) is 11.4. The predicted molar refractivity (Wildman–Crippen MR) is 92.1 cm³/mol. The van der Waals surface area contributed by atoms with E-state index in [1.165, 1.54) is 11.8 Å². The van der Waals surface area contributed by atoms with Crippen LogP contribution in [0.3, 0.4) is 0 Å². The number of hydrogen-bond acceptors (Lipinski definition) is 4. The third-order valence-corrected chi connectivity index (χ3v) is 5.03. The van der Waals surface area contributed by atoms with Gasteiger partial charge in [-0.1, -0.05) is 23.7 Å². The number of rotatable bonds is 6. The average Bonchev–Trinajstić information content (AvgIpc) is 3.02. The van der Waals surface area contributed by atoms with E-state index < -0.39 is 23.4 Å². The van der Waals surface area contributed by atoms with Gasteiger partial charge >= 0.3 is 12.0 Å². The highest BCUT2D eigenvalue weighted by Gasteiger charge is 2.43. The highest BCUT2D eigenvalue weighted by Crippen LogP contribution is 2.28. The van der Waals surface area contributed by atoms with E-state index in [1.807, 2.05) is 0 Å². The molecule has 2 rings (SSSR count). The van der Waals surface area contributed by atoms with E-state index in [-0.39, 0.29) is 6.54 Å². The topological polar surface area (TPSA) is 108 Å². The monoisotopic (exact) mass is 371 g/mol. The Bertz CT molecular complexity index is 618. The van der Waals surface area contributed by atoms with Gasteiger partial charge in [-0.2, -0.15) is 11.8 Å². The van der Waals surface area contributed by atoms with Gasteiger partial charge in [-0.05, 0) is 29.9 Å². The maximum absolute atomic E-state index is 11.9. The number of benzene rings is 1. The summed E-state index contributed by atoms with van der Waals surface area (Å²) in [6.45, 7) is 0.00642. The summed E-state index contributed by atoms with van der Waals surface area (Å²) in [5.41, 5.74) is -0.366. The lowest BCUT2D eigenvalue weighted by Gasteiger charge is -2.24. The van der Waals surface area contributed by atoms with Gasteiger partial charge in [0.2, 0.25) is 5.91 Å². The van der Waals surface area contributed by atoms with Crippen LogP contribution in [0, 0.1) is 0 Å². The fraction of sp³-hybridized carbons (Fsp3) is 0.400. The minimum absolute atomic E-state index is 0.286. The standard InChI is InChI=1S/C15H18ClN3O4S/c16-11-3-1-10(2-4-11)7-17-14(23)18-8-12(20)19-15(13(21)22)5-6-24-9-15/h1-4H,5-9H2,(H,19,20)(H,21,22)(H2,17,18,23). The van der Waals surface area contributed by atoms with Crippen molar-refractivity contribution in [1.82, 2.24) is 16.0 Å². The molecule has 1 aromatic carbocycles. The van der Waals surface area contributed by atoms with Gasteiger partial charge in [-0.3, -0.25) is 4.79 Å². The summed E-state index contributed by atoms with van der Waals surface area (Å²) in [6.07, 6.45) is 0.376. The van der Waals surface area contributed by atoms with Gasteiger partial charge in [0.25, 0.3) is 0 Å². The Morgan fingerprint density at radius 2 is 1.92 bits per heavy atom. The molecular formula is C15H18ClN3O4S. The van der Waals surface area contributed by atoms with E-state index >= 15 is 0 Å². The lowest BCUT2D eigenvalue weighted by atomic mass is 9.99. The Labute approximate surface area is 148 Å². The predicted octanol–water partition coefficient (Wildman–Crippen LogP) is 1.22. The first-order valence-electron chi connectivity index (χ1n) is 7.29. The molecule has 3 amide bonds. The van der Waals surface area contributed by atoms with Crippen molar-refractivity contribution in [3.8, 4) is 0 Å². The molecule has 1 atom stereocenters. The van der Waals surface area contributed by atoms with Gasteiger partial charge in [0.15, 0.2) is 0 Å². The number of urea groups is 1. The third-order valence-electron chi connectivity index (χ3n) is 3.59. The number of carboxylic acid groups (broad SMARTS) is 1. The molecule has 1 aliphatic rings. The quantitative estimate of drug-likeness (QED) is 0.601. The summed E-state index contributed by atoms with van der Waals surface area (Å²) in [6, 6.07) is 6.49. The number of carbonyl (C=O) groups is 3. The Morgan fingerprint density at radius 1 is 1.21 bits per heavy atom. The van der Waals surface area contributed by atoms with Gasteiger partial charge in [-0.25, -0.2) is 9.59 Å². The number of carbonyl (C=O) groups excluding carboxylic acids is 2. The highest BCUT2D eigenvalue weighted by molar-refractivity contribution is 7.99. The SMILES string of the molecule is O=C(CNC(=O)NCc1ccc(Cl)cc1)NC1(C(=O)O)CCSC1. The highest BCUT2D eigenvalue weighted by atomic mass is 35.5. The second-order valence-corrected chi connectivity index (χ2v) is 6.94. The first-order valence-corrected chi connectivity index (χ1v) is 8.83. The number of aliphatic carboxylic acids is 1. The maximum atomic E-state index is 11.9. The molecule has 1 heterocycles. The summed E-state index contributed by atoms with van der Waals surface area (Å²) < 4.78 is 0. The molecule has 1 aromatic rings. The lowest BCUT2D eigenvalue weighted by Crippen LogP contribution is -2.57. The molecule has 9 heteroatoms. The molecule has 0 aliphatic carbocycles. The zero-order chi connectivity index (χ0) is 17.6. The lowest BCUT2D eigenvalue weighted by molar-refractivity contribution is -0.146. The summed E-state index contributed by atoms with van der Waals surface area (Å²) >= 11 is 7.25. The fourth-order valence-electron chi connectivity index (χ4n) is 2.20. The maximum Gasteiger partial charge on any atom is 0.330 e. The van der Waals surface area contributed by atoms with Gasteiger partial charge in [-0.15, -0.1) is 0 Å². The van der Waals surface area contributed by atoms with Crippen LogP contribution in [-0.2, 0) is 16.1 Å². The van der Waals surface area contributed by atoms with Crippen molar-refractivity contribution >= 4 is 41.3 Å². The Kier molecular flexibility index (Phi) is 6.33. The number of nitrogens with one attached hydrogen (secondary N) is 3. The van der Waals surface area contributed by atoms with Crippen LogP contribution in [0.2, 0.25) is 5.02 Å². The molecule has 130 valence electrons. The Balaban J connectivity index is 1.73. The van der Waals surface area contributed by atoms with Crippen LogP contribution < -0.4 is 16.0 Å². The molecule has 1 saturated heterocycles.